The number of hydrogen-bond donors (Lipinski definition) is 1. The summed E-state index contributed by atoms with van der Waals surface area (Å²) in [5, 5.41) is 0. The minimum Gasteiger partial charge on any atom is -0.398 e. The zero-order valence-electron chi connectivity index (χ0n) is 11.8. The van der Waals surface area contributed by atoms with Crippen molar-refractivity contribution < 1.29 is 9.31 Å². The van der Waals surface area contributed by atoms with E-state index in [2.05, 4.69) is 4.98 Å². The summed E-state index contributed by atoms with van der Waals surface area (Å²) in [6.45, 7) is 10.7. The Hall–Kier alpha value is -0.905. The molecule has 1 saturated heterocycles. The Morgan fingerprint density at radius 1 is 1.22 bits per heavy atom. The number of aromatic nitrogens is 1. The molecular weight excluding hydrogens is 227 g/mol. The van der Waals surface area contributed by atoms with E-state index in [1.807, 2.05) is 40.7 Å². The maximum Gasteiger partial charge on any atom is 0.514 e. The van der Waals surface area contributed by atoms with Gasteiger partial charge in [-0.05, 0) is 45.7 Å². The molecule has 1 aromatic heterocycles. The van der Waals surface area contributed by atoms with Crippen molar-refractivity contribution in [2.75, 3.05) is 0 Å². The van der Waals surface area contributed by atoms with Gasteiger partial charge < -0.3 is 15.0 Å². The van der Waals surface area contributed by atoms with Crippen LogP contribution in [0.3, 0.4) is 0 Å². The lowest BCUT2D eigenvalue weighted by atomic mass is 9.81. The van der Waals surface area contributed by atoms with Crippen molar-refractivity contribution in [1.29, 1.82) is 0 Å². The summed E-state index contributed by atoms with van der Waals surface area (Å²) in [5.41, 5.74) is 7.85. The molecule has 0 aliphatic carbocycles. The third-order valence-corrected chi connectivity index (χ3v) is 3.89. The van der Waals surface area contributed by atoms with Crippen LogP contribution in [-0.2, 0) is 15.9 Å². The molecule has 1 fully saturated rings. The van der Waals surface area contributed by atoms with Crippen LogP contribution in [0.2, 0.25) is 0 Å². The van der Waals surface area contributed by atoms with Gasteiger partial charge >= 0.3 is 7.12 Å². The normalized spacial score (nSPS) is 21.3. The van der Waals surface area contributed by atoms with E-state index in [1.54, 1.807) is 6.20 Å². The molecule has 4 nitrogen and oxygen atoms in total. The first-order valence-electron chi connectivity index (χ1n) is 6.28. The van der Waals surface area contributed by atoms with E-state index in [0.29, 0.717) is 6.54 Å². The van der Waals surface area contributed by atoms with Crippen LogP contribution in [0, 0.1) is 6.92 Å². The Morgan fingerprint density at radius 3 is 2.22 bits per heavy atom. The van der Waals surface area contributed by atoms with E-state index in [-0.39, 0.29) is 11.2 Å². The Labute approximate surface area is 109 Å². The number of pyridine rings is 1. The van der Waals surface area contributed by atoms with Gasteiger partial charge in [0.15, 0.2) is 0 Å². The Balaban J connectivity index is 2.30. The highest BCUT2D eigenvalue weighted by Gasteiger charge is 2.52. The molecule has 2 N–H and O–H groups in total. The molecule has 0 amide bonds. The standard InChI is InChI=1S/C13H21BN2O2/c1-9-6-10(7-15)8-16-11(9)14-17-12(2,3)13(4,5)18-14/h6,8H,7,15H2,1-5H3. The average Bonchev–Trinajstić information content (AvgIpc) is 2.47. The summed E-state index contributed by atoms with van der Waals surface area (Å²) < 4.78 is 12.0. The maximum atomic E-state index is 5.99. The second kappa shape index (κ2) is 4.33. The summed E-state index contributed by atoms with van der Waals surface area (Å²) in [7, 11) is -0.401. The highest BCUT2D eigenvalue weighted by molar-refractivity contribution is 6.61. The molecule has 0 unspecified atom stereocenters. The van der Waals surface area contributed by atoms with Gasteiger partial charge in [-0.3, -0.25) is 4.98 Å². The quantitative estimate of drug-likeness (QED) is 0.797. The maximum absolute atomic E-state index is 5.99. The fourth-order valence-electron chi connectivity index (χ4n) is 1.96. The lowest BCUT2D eigenvalue weighted by Crippen LogP contribution is -2.41. The van der Waals surface area contributed by atoms with Gasteiger partial charge in [-0.25, -0.2) is 0 Å². The van der Waals surface area contributed by atoms with Crippen molar-refractivity contribution in [3.05, 3.63) is 23.4 Å². The average molecular weight is 248 g/mol. The van der Waals surface area contributed by atoms with Crippen LogP contribution in [0.15, 0.2) is 12.3 Å². The smallest absolute Gasteiger partial charge is 0.398 e. The van der Waals surface area contributed by atoms with Gasteiger partial charge in [0.05, 0.1) is 16.8 Å². The zero-order valence-corrected chi connectivity index (χ0v) is 11.8. The van der Waals surface area contributed by atoms with Gasteiger partial charge in [-0.2, -0.15) is 0 Å². The number of nitrogens with zero attached hydrogens (tertiary/aromatic N) is 1. The van der Waals surface area contributed by atoms with Crippen LogP contribution in [0.5, 0.6) is 0 Å². The van der Waals surface area contributed by atoms with Crippen LogP contribution in [0.1, 0.15) is 38.8 Å². The van der Waals surface area contributed by atoms with Crippen molar-refractivity contribution in [3.8, 4) is 0 Å². The van der Waals surface area contributed by atoms with Gasteiger partial charge in [0, 0.05) is 12.7 Å². The van der Waals surface area contributed by atoms with Gasteiger partial charge in [0.25, 0.3) is 0 Å². The first-order valence-corrected chi connectivity index (χ1v) is 6.28. The molecule has 2 rings (SSSR count). The Kier molecular flexibility index (Phi) is 3.26. The second-order valence-corrected chi connectivity index (χ2v) is 5.84. The SMILES string of the molecule is Cc1cc(CN)cnc1B1OC(C)(C)C(C)(C)O1. The summed E-state index contributed by atoms with van der Waals surface area (Å²) in [4.78, 5) is 4.43. The second-order valence-electron chi connectivity index (χ2n) is 5.84. The van der Waals surface area contributed by atoms with E-state index < -0.39 is 7.12 Å². The molecule has 0 bridgehead atoms. The highest BCUT2D eigenvalue weighted by Crippen LogP contribution is 2.36. The molecule has 0 radical (unpaired) electrons. The summed E-state index contributed by atoms with van der Waals surface area (Å²) >= 11 is 0. The lowest BCUT2D eigenvalue weighted by molar-refractivity contribution is 0.00578. The highest BCUT2D eigenvalue weighted by atomic mass is 16.7. The van der Waals surface area contributed by atoms with E-state index in [9.17, 15) is 0 Å². The fraction of sp³-hybridized carbons (Fsp3) is 0.615. The van der Waals surface area contributed by atoms with Crippen LogP contribution in [0.25, 0.3) is 0 Å². The summed E-state index contributed by atoms with van der Waals surface area (Å²) in [6, 6.07) is 2.04. The minimum atomic E-state index is -0.401. The van der Waals surface area contributed by atoms with Crippen molar-refractivity contribution >= 4 is 12.7 Å². The first-order chi connectivity index (χ1) is 8.27. The summed E-state index contributed by atoms with van der Waals surface area (Å²) in [6.07, 6.45) is 1.79. The molecule has 2 heterocycles. The monoisotopic (exact) mass is 248 g/mol. The van der Waals surface area contributed by atoms with Crippen LogP contribution < -0.4 is 11.3 Å². The third kappa shape index (κ3) is 2.18. The zero-order chi connectivity index (χ0) is 13.6. The topological polar surface area (TPSA) is 57.4 Å². The molecule has 1 aliphatic heterocycles. The lowest BCUT2D eigenvalue weighted by Gasteiger charge is -2.32. The van der Waals surface area contributed by atoms with E-state index >= 15 is 0 Å². The fourth-order valence-corrected chi connectivity index (χ4v) is 1.96. The third-order valence-electron chi connectivity index (χ3n) is 3.89. The van der Waals surface area contributed by atoms with E-state index in [4.69, 9.17) is 15.0 Å². The van der Waals surface area contributed by atoms with Crippen molar-refractivity contribution in [1.82, 2.24) is 4.98 Å². The first kappa shape index (κ1) is 13.5. The molecule has 1 aliphatic rings. The van der Waals surface area contributed by atoms with Crippen molar-refractivity contribution in [3.63, 3.8) is 0 Å². The molecule has 0 atom stereocenters. The predicted octanol–water partition coefficient (Wildman–Crippen LogP) is 1.15. The number of hydrogen-bond acceptors (Lipinski definition) is 4. The molecular formula is C13H21BN2O2. The van der Waals surface area contributed by atoms with Crippen molar-refractivity contribution in [2.45, 2.75) is 52.4 Å². The molecule has 18 heavy (non-hydrogen) atoms. The van der Waals surface area contributed by atoms with Crippen LogP contribution >= 0.6 is 0 Å². The van der Waals surface area contributed by atoms with Crippen LogP contribution in [0.4, 0.5) is 0 Å². The number of rotatable bonds is 2. The van der Waals surface area contributed by atoms with E-state index in [0.717, 1.165) is 16.7 Å². The van der Waals surface area contributed by atoms with Gasteiger partial charge in [-0.1, -0.05) is 6.07 Å². The molecule has 98 valence electrons. The Morgan fingerprint density at radius 2 is 1.78 bits per heavy atom. The molecule has 0 saturated carbocycles. The number of aryl methyl sites for hydroxylation is 1. The minimum absolute atomic E-state index is 0.335. The predicted molar refractivity (Wildman–Crippen MR) is 72.6 cm³/mol. The number of nitrogens with two attached hydrogens (primary N) is 1. The van der Waals surface area contributed by atoms with Gasteiger partial charge in [-0.15, -0.1) is 0 Å². The van der Waals surface area contributed by atoms with Crippen LogP contribution in [-0.4, -0.2) is 23.3 Å². The Bertz CT molecular complexity index is 444. The molecule has 0 spiro atoms. The van der Waals surface area contributed by atoms with Crippen molar-refractivity contribution in [2.24, 2.45) is 5.73 Å². The molecule has 1 aromatic rings. The molecule has 5 heteroatoms. The van der Waals surface area contributed by atoms with Gasteiger partial charge in [0.2, 0.25) is 0 Å². The summed E-state index contributed by atoms with van der Waals surface area (Å²) in [5.74, 6) is 0. The largest absolute Gasteiger partial charge is 0.514 e. The van der Waals surface area contributed by atoms with Gasteiger partial charge in [0.1, 0.15) is 0 Å². The molecule has 0 aromatic carbocycles. The van der Waals surface area contributed by atoms with E-state index in [1.165, 1.54) is 0 Å².